The van der Waals surface area contributed by atoms with Gasteiger partial charge in [0.2, 0.25) is 17.8 Å². The van der Waals surface area contributed by atoms with Crippen molar-refractivity contribution in [2.45, 2.75) is 25.4 Å². The van der Waals surface area contributed by atoms with Crippen LogP contribution in [0, 0.1) is 0 Å². The third kappa shape index (κ3) is 6.27. The van der Waals surface area contributed by atoms with Gasteiger partial charge in [0.05, 0.1) is 11.7 Å². The summed E-state index contributed by atoms with van der Waals surface area (Å²) in [5, 5.41) is 9.12. The molecular formula is C34H34ClN9O6. The zero-order chi connectivity index (χ0) is 35.1. The van der Waals surface area contributed by atoms with Crippen molar-refractivity contribution in [1.82, 2.24) is 30.1 Å². The molecule has 2 aromatic carbocycles. The Balaban J connectivity index is 1.02. The van der Waals surface area contributed by atoms with Gasteiger partial charge < -0.3 is 34.6 Å². The molecule has 7 rings (SSSR count). The maximum atomic E-state index is 13.1. The minimum atomic E-state index is -0.649. The van der Waals surface area contributed by atoms with Gasteiger partial charge in [-0.05, 0) is 54.4 Å². The molecule has 0 saturated carbocycles. The molecule has 15 nitrogen and oxygen atoms in total. The number of aromatic nitrogens is 3. The van der Waals surface area contributed by atoms with Crippen LogP contribution in [0.2, 0.25) is 5.02 Å². The van der Waals surface area contributed by atoms with Crippen LogP contribution in [0.1, 0.15) is 28.8 Å². The SMILES string of the molecule is CNC(=O)COc1cc2cc(Nc3nc(N4CCN(c5ccc6c(c5)CN([C@@H]5CCC(=O)NC5=O)C6=O)CC4)ncc3Cl)ccc2n(C)c1=O. The van der Waals surface area contributed by atoms with Crippen LogP contribution in [0.4, 0.5) is 23.1 Å². The van der Waals surface area contributed by atoms with E-state index in [9.17, 15) is 24.0 Å². The molecule has 1 atom stereocenters. The first-order chi connectivity index (χ1) is 24.1. The molecule has 2 aromatic heterocycles. The van der Waals surface area contributed by atoms with Gasteiger partial charge in [0.1, 0.15) is 11.1 Å². The summed E-state index contributed by atoms with van der Waals surface area (Å²) < 4.78 is 6.94. The Morgan fingerprint density at radius 1 is 1.04 bits per heavy atom. The average molecular weight is 700 g/mol. The first-order valence-corrected chi connectivity index (χ1v) is 16.5. The Morgan fingerprint density at radius 2 is 1.82 bits per heavy atom. The number of benzene rings is 2. The highest BCUT2D eigenvalue weighted by Gasteiger charge is 2.39. The van der Waals surface area contributed by atoms with Crippen molar-refractivity contribution < 1.29 is 23.9 Å². The highest BCUT2D eigenvalue weighted by molar-refractivity contribution is 6.33. The van der Waals surface area contributed by atoms with Crippen LogP contribution in [0.15, 0.2) is 53.5 Å². The number of ether oxygens (including phenoxy) is 1. The number of amides is 4. The van der Waals surface area contributed by atoms with Crippen LogP contribution >= 0.6 is 11.6 Å². The number of carbonyl (C=O) groups excluding carboxylic acids is 4. The number of imide groups is 1. The fourth-order valence-corrected chi connectivity index (χ4v) is 6.64. The lowest BCUT2D eigenvalue weighted by atomic mass is 10.0. The number of aryl methyl sites for hydroxylation is 1. The second-order valence-corrected chi connectivity index (χ2v) is 12.7. The lowest BCUT2D eigenvalue weighted by Crippen LogP contribution is -2.52. The molecule has 2 fully saturated rings. The number of anilines is 4. The molecular weight excluding hydrogens is 666 g/mol. The predicted octanol–water partition coefficient (Wildman–Crippen LogP) is 1.94. The van der Waals surface area contributed by atoms with E-state index in [4.69, 9.17) is 21.3 Å². The minimum absolute atomic E-state index is 0.0600. The molecule has 0 aliphatic carbocycles. The Kier molecular flexibility index (Phi) is 8.74. The van der Waals surface area contributed by atoms with E-state index >= 15 is 0 Å². The largest absolute Gasteiger partial charge is 0.478 e. The Morgan fingerprint density at radius 3 is 2.58 bits per heavy atom. The number of halogens is 1. The number of likely N-dealkylation sites (N-methyl/N-ethyl adjacent to an activating group) is 1. The van der Waals surface area contributed by atoms with Gasteiger partial charge in [0.25, 0.3) is 17.4 Å². The van der Waals surface area contributed by atoms with Gasteiger partial charge in [-0.1, -0.05) is 11.6 Å². The van der Waals surface area contributed by atoms with E-state index < -0.39 is 11.9 Å². The predicted molar refractivity (Wildman–Crippen MR) is 186 cm³/mol. The lowest BCUT2D eigenvalue weighted by molar-refractivity contribution is -0.137. The number of nitrogens with one attached hydrogen (secondary N) is 3. The second kappa shape index (κ2) is 13.3. The van der Waals surface area contributed by atoms with Gasteiger partial charge >= 0.3 is 0 Å². The molecule has 4 amide bonds. The molecule has 0 spiro atoms. The summed E-state index contributed by atoms with van der Waals surface area (Å²) in [6, 6.07) is 12.2. The van der Waals surface area contributed by atoms with Crippen molar-refractivity contribution in [1.29, 1.82) is 0 Å². The number of hydrogen-bond acceptors (Lipinski definition) is 11. The summed E-state index contributed by atoms with van der Waals surface area (Å²) in [6.45, 7) is 2.70. The Labute approximate surface area is 291 Å². The maximum absolute atomic E-state index is 13.1. The molecule has 3 aliphatic rings. The molecule has 258 valence electrons. The summed E-state index contributed by atoms with van der Waals surface area (Å²) in [4.78, 5) is 76.6. The molecule has 50 heavy (non-hydrogen) atoms. The fraction of sp³-hybridized carbons (Fsp3) is 0.324. The highest BCUT2D eigenvalue weighted by atomic mass is 35.5. The average Bonchev–Trinajstić information content (AvgIpc) is 3.44. The molecule has 0 radical (unpaired) electrons. The standard InChI is InChI=1S/C34H34ClN9O6/c1-36-29(46)18-50-27-15-19-13-21(3-6-25(19)41(2)33(27)49)38-30-24(35)16-37-34(40-30)43-11-9-42(10-12-43)22-4-5-23-20(14-22)17-44(32(23)48)26-7-8-28(45)39-31(26)47/h3-6,13-16,26H,7-12,17-18H2,1-2H3,(H,36,46)(H,37,38,40)(H,39,45,47)/t26-/m1/s1. The van der Waals surface area contributed by atoms with Crippen molar-refractivity contribution in [3.05, 3.63) is 75.2 Å². The number of piperazine rings is 1. The number of nitrogens with zero attached hydrogens (tertiary/aromatic N) is 6. The highest BCUT2D eigenvalue weighted by Crippen LogP contribution is 2.32. The number of piperidine rings is 1. The van der Waals surface area contributed by atoms with Crippen molar-refractivity contribution in [3.8, 4) is 5.75 Å². The van der Waals surface area contributed by atoms with Gasteiger partial charge in [0, 0.05) is 75.6 Å². The number of pyridine rings is 1. The molecule has 3 N–H and O–H groups in total. The van der Waals surface area contributed by atoms with Crippen molar-refractivity contribution >= 4 is 69.3 Å². The number of carbonyl (C=O) groups is 4. The van der Waals surface area contributed by atoms with E-state index in [-0.39, 0.29) is 42.1 Å². The van der Waals surface area contributed by atoms with Crippen molar-refractivity contribution in [2.75, 3.05) is 55.0 Å². The van der Waals surface area contributed by atoms with Gasteiger partial charge in [-0.15, -0.1) is 0 Å². The van der Waals surface area contributed by atoms with E-state index in [0.717, 1.165) is 11.3 Å². The van der Waals surface area contributed by atoms with Crippen LogP contribution in [-0.2, 0) is 28.0 Å². The number of rotatable bonds is 8. The molecule has 3 aliphatic heterocycles. The third-order valence-corrected chi connectivity index (χ3v) is 9.53. The topological polar surface area (TPSA) is 171 Å². The molecule has 0 unspecified atom stereocenters. The summed E-state index contributed by atoms with van der Waals surface area (Å²) in [7, 11) is 3.13. The van der Waals surface area contributed by atoms with E-state index in [1.807, 2.05) is 30.3 Å². The van der Waals surface area contributed by atoms with Gasteiger partial charge in [-0.3, -0.25) is 29.3 Å². The summed E-state index contributed by atoms with van der Waals surface area (Å²) in [6.07, 6.45) is 2.10. The third-order valence-electron chi connectivity index (χ3n) is 9.26. The van der Waals surface area contributed by atoms with Crippen LogP contribution in [0.5, 0.6) is 5.75 Å². The molecule has 0 bridgehead atoms. The zero-order valence-electron chi connectivity index (χ0n) is 27.4. The monoisotopic (exact) mass is 699 g/mol. The van der Waals surface area contributed by atoms with E-state index in [2.05, 4.69) is 30.7 Å². The fourth-order valence-electron chi connectivity index (χ4n) is 6.51. The van der Waals surface area contributed by atoms with Gasteiger partial charge in [0.15, 0.2) is 18.2 Å². The summed E-state index contributed by atoms with van der Waals surface area (Å²) in [5.41, 5.74) is 3.43. The number of hydrogen-bond donors (Lipinski definition) is 3. The second-order valence-electron chi connectivity index (χ2n) is 12.3. The minimum Gasteiger partial charge on any atom is -0.478 e. The van der Waals surface area contributed by atoms with E-state index in [0.29, 0.717) is 78.1 Å². The molecule has 4 aromatic rings. The van der Waals surface area contributed by atoms with Gasteiger partial charge in [-0.2, -0.15) is 4.98 Å². The van der Waals surface area contributed by atoms with Crippen LogP contribution in [-0.4, -0.2) is 88.9 Å². The first kappa shape index (κ1) is 32.8. The van der Waals surface area contributed by atoms with Crippen molar-refractivity contribution in [3.63, 3.8) is 0 Å². The molecule has 5 heterocycles. The summed E-state index contributed by atoms with van der Waals surface area (Å²) in [5.74, 6) is -0.279. The van der Waals surface area contributed by atoms with Gasteiger partial charge in [-0.25, -0.2) is 4.98 Å². The Bertz CT molecular complexity index is 2110. The quantitative estimate of drug-likeness (QED) is 0.230. The molecule has 16 heteroatoms. The number of fused-ring (bicyclic) bond motifs is 2. The van der Waals surface area contributed by atoms with Crippen LogP contribution in [0.3, 0.4) is 0 Å². The first-order valence-electron chi connectivity index (χ1n) is 16.1. The smallest absolute Gasteiger partial charge is 0.293 e. The normalized spacial score (nSPS) is 17.5. The summed E-state index contributed by atoms with van der Waals surface area (Å²) >= 11 is 6.51. The lowest BCUT2D eigenvalue weighted by Gasteiger charge is -2.36. The maximum Gasteiger partial charge on any atom is 0.293 e. The van der Waals surface area contributed by atoms with Crippen LogP contribution < -0.4 is 36.0 Å². The zero-order valence-corrected chi connectivity index (χ0v) is 28.1. The van der Waals surface area contributed by atoms with Crippen LogP contribution in [0.25, 0.3) is 10.9 Å². The molecule has 2 saturated heterocycles. The Hall–Kier alpha value is -5.70. The van der Waals surface area contributed by atoms with Crippen molar-refractivity contribution in [2.24, 2.45) is 7.05 Å². The van der Waals surface area contributed by atoms with E-state index in [1.54, 1.807) is 30.3 Å². The van der Waals surface area contributed by atoms with E-state index in [1.165, 1.54) is 11.6 Å².